The number of anilines is 3. The Bertz CT molecular complexity index is 755. The van der Waals surface area contributed by atoms with Crippen molar-refractivity contribution in [2.75, 3.05) is 48.8 Å². The Morgan fingerprint density at radius 1 is 1.08 bits per heavy atom. The molecule has 2 aromatic rings. The van der Waals surface area contributed by atoms with E-state index < -0.39 is 0 Å². The summed E-state index contributed by atoms with van der Waals surface area (Å²) in [5, 5.41) is 5.66. The standard InChI is InChI=1S/C18H24N6O/c1-13-5-4-6-15(14(13)2)21-18(25)22-16-11-17(20-12-19-16)24-9-7-23(3)8-10-24/h4-6,11-12H,7-10H2,1-3H3,(H2,19,20,21,22,25). The number of urea groups is 1. The summed E-state index contributed by atoms with van der Waals surface area (Å²) in [5.41, 5.74) is 2.99. The van der Waals surface area contributed by atoms with E-state index in [1.165, 1.54) is 6.33 Å². The first-order chi connectivity index (χ1) is 12.0. The van der Waals surface area contributed by atoms with E-state index in [1.54, 1.807) is 0 Å². The molecule has 1 aromatic heterocycles. The Morgan fingerprint density at radius 3 is 2.60 bits per heavy atom. The third-order valence-electron chi connectivity index (χ3n) is 4.57. The topological polar surface area (TPSA) is 73.4 Å². The Balaban J connectivity index is 1.65. The molecule has 1 aliphatic heterocycles. The van der Waals surface area contributed by atoms with E-state index in [4.69, 9.17) is 0 Å². The van der Waals surface area contributed by atoms with Gasteiger partial charge in [-0.05, 0) is 38.1 Å². The molecule has 0 saturated carbocycles. The number of aryl methyl sites for hydroxylation is 1. The van der Waals surface area contributed by atoms with Crippen molar-refractivity contribution in [1.82, 2.24) is 14.9 Å². The van der Waals surface area contributed by atoms with Gasteiger partial charge in [0.15, 0.2) is 0 Å². The highest BCUT2D eigenvalue weighted by molar-refractivity contribution is 5.99. The maximum Gasteiger partial charge on any atom is 0.324 e. The number of rotatable bonds is 3. The van der Waals surface area contributed by atoms with Crippen LogP contribution in [0.5, 0.6) is 0 Å². The number of amides is 2. The van der Waals surface area contributed by atoms with E-state index in [0.29, 0.717) is 5.82 Å². The molecule has 3 rings (SSSR count). The number of benzene rings is 1. The van der Waals surface area contributed by atoms with Crippen molar-refractivity contribution in [3.8, 4) is 0 Å². The SMILES string of the molecule is Cc1cccc(NC(=O)Nc2cc(N3CCN(C)CC3)ncn2)c1C. The number of carbonyl (C=O) groups is 1. The predicted molar refractivity (Wildman–Crippen MR) is 100 cm³/mol. The van der Waals surface area contributed by atoms with Crippen molar-refractivity contribution in [2.45, 2.75) is 13.8 Å². The summed E-state index contributed by atoms with van der Waals surface area (Å²) in [4.78, 5) is 25.2. The highest BCUT2D eigenvalue weighted by atomic mass is 16.2. The summed E-state index contributed by atoms with van der Waals surface area (Å²) in [6.45, 7) is 7.84. The summed E-state index contributed by atoms with van der Waals surface area (Å²) in [5.74, 6) is 1.33. The van der Waals surface area contributed by atoms with Crippen molar-refractivity contribution in [1.29, 1.82) is 0 Å². The molecule has 0 aliphatic carbocycles. The van der Waals surface area contributed by atoms with Crippen LogP contribution < -0.4 is 15.5 Å². The summed E-state index contributed by atoms with van der Waals surface area (Å²) in [7, 11) is 2.11. The number of piperazine rings is 1. The normalized spacial score (nSPS) is 15.1. The third kappa shape index (κ3) is 4.24. The fourth-order valence-electron chi connectivity index (χ4n) is 2.78. The van der Waals surface area contributed by atoms with Crippen LogP contribution in [-0.4, -0.2) is 54.1 Å². The van der Waals surface area contributed by atoms with Crippen molar-refractivity contribution in [3.05, 3.63) is 41.7 Å². The monoisotopic (exact) mass is 340 g/mol. The summed E-state index contributed by atoms with van der Waals surface area (Å²) in [6, 6.07) is 7.34. The van der Waals surface area contributed by atoms with Gasteiger partial charge in [-0.1, -0.05) is 12.1 Å². The molecule has 0 radical (unpaired) electrons. The van der Waals surface area contributed by atoms with Crippen LogP contribution >= 0.6 is 0 Å². The van der Waals surface area contributed by atoms with Gasteiger partial charge in [0, 0.05) is 37.9 Å². The van der Waals surface area contributed by atoms with E-state index in [9.17, 15) is 4.79 Å². The lowest BCUT2D eigenvalue weighted by molar-refractivity contribution is 0.262. The second-order valence-corrected chi connectivity index (χ2v) is 6.38. The number of aromatic nitrogens is 2. The molecular weight excluding hydrogens is 316 g/mol. The number of nitrogens with one attached hydrogen (secondary N) is 2. The highest BCUT2D eigenvalue weighted by Gasteiger charge is 2.16. The molecule has 132 valence electrons. The minimum atomic E-state index is -0.309. The van der Waals surface area contributed by atoms with E-state index in [0.717, 1.165) is 48.8 Å². The molecule has 1 fully saturated rings. The zero-order valence-electron chi connectivity index (χ0n) is 14.9. The largest absolute Gasteiger partial charge is 0.354 e. The number of hydrogen-bond donors (Lipinski definition) is 2. The Labute approximate surface area is 148 Å². The molecule has 0 unspecified atom stereocenters. The van der Waals surface area contributed by atoms with Gasteiger partial charge in [0.2, 0.25) is 0 Å². The zero-order valence-corrected chi connectivity index (χ0v) is 14.9. The van der Waals surface area contributed by atoms with Crippen LogP contribution in [0.4, 0.5) is 22.1 Å². The van der Waals surface area contributed by atoms with Crippen molar-refractivity contribution in [3.63, 3.8) is 0 Å². The first-order valence-electron chi connectivity index (χ1n) is 8.42. The molecule has 0 bridgehead atoms. The van der Waals surface area contributed by atoms with Gasteiger partial charge in [-0.2, -0.15) is 0 Å². The second-order valence-electron chi connectivity index (χ2n) is 6.38. The van der Waals surface area contributed by atoms with E-state index in [2.05, 4.69) is 37.4 Å². The number of hydrogen-bond acceptors (Lipinski definition) is 5. The molecule has 1 aromatic carbocycles. The molecule has 7 heteroatoms. The molecule has 0 spiro atoms. The van der Waals surface area contributed by atoms with Crippen molar-refractivity contribution < 1.29 is 4.79 Å². The number of nitrogens with zero attached hydrogens (tertiary/aromatic N) is 4. The highest BCUT2D eigenvalue weighted by Crippen LogP contribution is 2.19. The molecule has 1 saturated heterocycles. The lowest BCUT2D eigenvalue weighted by atomic mass is 10.1. The fraction of sp³-hybridized carbons (Fsp3) is 0.389. The van der Waals surface area contributed by atoms with Crippen LogP contribution in [-0.2, 0) is 0 Å². The molecule has 2 amide bonds. The van der Waals surface area contributed by atoms with Gasteiger partial charge in [-0.25, -0.2) is 14.8 Å². The van der Waals surface area contributed by atoms with Gasteiger partial charge in [-0.3, -0.25) is 5.32 Å². The van der Waals surface area contributed by atoms with Crippen molar-refractivity contribution in [2.24, 2.45) is 0 Å². The van der Waals surface area contributed by atoms with Gasteiger partial charge in [0.25, 0.3) is 0 Å². The maximum atomic E-state index is 12.3. The van der Waals surface area contributed by atoms with Gasteiger partial charge >= 0.3 is 6.03 Å². The lowest BCUT2D eigenvalue weighted by Crippen LogP contribution is -2.44. The van der Waals surface area contributed by atoms with Crippen LogP contribution in [0.25, 0.3) is 0 Å². The minimum absolute atomic E-state index is 0.309. The smallest absolute Gasteiger partial charge is 0.324 e. The summed E-state index contributed by atoms with van der Waals surface area (Å²) < 4.78 is 0. The van der Waals surface area contributed by atoms with E-state index in [-0.39, 0.29) is 6.03 Å². The Hall–Kier alpha value is -2.67. The van der Waals surface area contributed by atoms with Crippen LogP contribution in [0.2, 0.25) is 0 Å². The Kier molecular flexibility index (Phi) is 5.14. The molecule has 7 nitrogen and oxygen atoms in total. The van der Waals surface area contributed by atoms with Gasteiger partial charge in [0.1, 0.15) is 18.0 Å². The van der Waals surface area contributed by atoms with Gasteiger partial charge < -0.3 is 15.1 Å². The average Bonchev–Trinajstić information content (AvgIpc) is 2.60. The molecule has 2 heterocycles. The van der Waals surface area contributed by atoms with Crippen LogP contribution in [0.15, 0.2) is 30.6 Å². The van der Waals surface area contributed by atoms with E-state index >= 15 is 0 Å². The van der Waals surface area contributed by atoms with E-state index in [1.807, 2.05) is 38.1 Å². The summed E-state index contributed by atoms with van der Waals surface area (Å²) in [6.07, 6.45) is 1.49. The van der Waals surface area contributed by atoms with Crippen LogP contribution in [0, 0.1) is 13.8 Å². The first-order valence-corrected chi connectivity index (χ1v) is 8.42. The average molecular weight is 340 g/mol. The zero-order chi connectivity index (χ0) is 17.8. The fourth-order valence-corrected chi connectivity index (χ4v) is 2.78. The second kappa shape index (κ2) is 7.48. The number of likely N-dealkylation sites (N-methyl/N-ethyl adjacent to an activating group) is 1. The Morgan fingerprint density at radius 2 is 1.84 bits per heavy atom. The molecule has 0 atom stereocenters. The van der Waals surface area contributed by atoms with Crippen LogP contribution in [0.3, 0.4) is 0 Å². The van der Waals surface area contributed by atoms with Crippen LogP contribution in [0.1, 0.15) is 11.1 Å². The van der Waals surface area contributed by atoms with Gasteiger partial charge in [-0.15, -0.1) is 0 Å². The number of carbonyl (C=O) groups excluding carboxylic acids is 1. The minimum Gasteiger partial charge on any atom is -0.354 e. The molecule has 2 N–H and O–H groups in total. The third-order valence-corrected chi connectivity index (χ3v) is 4.57. The molecule has 1 aliphatic rings. The summed E-state index contributed by atoms with van der Waals surface area (Å²) >= 11 is 0. The van der Waals surface area contributed by atoms with Gasteiger partial charge in [0.05, 0.1) is 0 Å². The lowest BCUT2D eigenvalue weighted by Gasteiger charge is -2.33. The maximum absolute atomic E-state index is 12.3. The molecule has 25 heavy (non-hydrogen) atoms. The van der Waals surface area contributed by atoms with Crippen molar-refractivity contribution >= 4 is 23.4 Å². The molecular formula is C18H24N6O. The quantitative estimate of drug-likeness (QED) is 0.898. The predicted octanol–water partition coefficient (Wildman–Crippen LogP) is 2.49. The first kappa shape index (κ1) is 17.2.